The second kappa shape index (κ2) is 9.66. The fourth-order valence-electron chi connectivity index (χ4n) is 3.93. The molecule has 1 heterocycles. The van der Waals surface area contributed by atoms with Crippen molar-refractivity contribution in [1.82, 2.24) is 9.80 Å². The van der Waals surface area contributed by atoms with Gasteiger partial charge in [0.2, 0.25) is 15.9 Å². The van der Waals surface area contributed by atoms with Crippen LogP contribution in [0.15, 0.2) is 18.2 Å². The predicted molar refractivity (Wildman–Crippen MR) is 121 cm³/mol. The van der Waals surface area contributed by atoms with Crippen molar-refractivity contribution in [3.05, 3.63) is 23.8 Å². The smallest absolute Gasteiger partial charge is 0.257 e. The number of nitrogens with one attached hydrogen (secondary N) is 1. The van der Waals surface area contributed by atoms with Crippen molar-refractivity contribution in [2.75, 3.05) is 44.8 Å². The molecule has 3 rings (SSSR count). The summed E-state index contributed by atoms with van der Waals surface area (Å²) < 4.78 is 37.4. The zero-order chi connectivity index (χ0) is 23.6. The van der Waals surface area contributed by atoms with Crippen LogP contribution in [0.25, 0.3) is 0 Å². The molecule has 0 spiro atoms. The minimum Gasteiger partial charge on any atom is -0.491 e. The second-order valence-corrected chi connectivity index (χ2v) is 10.7. The second-order valence-electron chi connectivity index (χ2n) is 8.95. The number of rotatable bonds is 4. The highest BCUT2D eigenvalue weighted by Gasteiger charge is 2.37. The molecule has 32 heavy (non-hydrogen) atoms. The van der Waals surface area contributed by atoms with Crippen molar-refractivity contribution in [2.24, 2.45) is 11.8 Å². The minimum absolute atomic E-state index is 0.00228. The number of anilines is 1. The molecule has 1 aromatic rings. The zero-order valence-corrected chi connectivity index (χ0v) is 20.1. The number of carbonyl (C=O) groups is 2. The van der Waals surface area contributed by atoms with E-state index in [1.165, 1.54) is 11.0 Å². The Morgan fingerprint density at radius 1 is 1.22 bits per heavy atom. The number of methoxy groups -OCH3 is 1. The van der Waals surface area contributed by atoms with Gasteiger partial charge in [-0.25, -0.2) is 8.42 Å². The molecule has 1 aromatic carbocycles. The van der Waals surface area contributed by atoms with Crippen molar-refractivity contribution in [1.29, 1.82) is 0 Å². The van der Waals surface area contributed by atoms with Crippen LogP contribution in [0.1, 0.15) is 37.0 Å². The number of carbonyl (C=O) groups excluding carboxylic acids is 2. The van der Waals surface area contributed by atoms with Crippen LogP contribution in [0.4, 0.5) is 5.69 Å². The number of benzene rings is 1. The van der Waals surface area contributed by atoms with Gasteiger partial charge in [0, 0.05) is 44.8 Å². The van der Waals surface area contributed by atoms with Crippen LogP contribution in [-0.4, -0.2) is 82.3 Å². The standard InChI is InChI=1S/C22H33N3O6S/c1-14-11-25(21(26)16-6-7-16)15(2)13-31-19-9-8-17(23-32(5,28)29)10-18(19)22(27)24(3)12-20(14)30-4/h8-10,14-16,20,23H,6-7,11-13H2,1-5H3/t14-,15-,20+/m0/s1. The van der Waals surface area contributed by atoms with Crippen LogP contribution >= 0.6 is 0 Å². The first-order valence-corrected chi connectivity index (χ1v) is 12.7. The number of likely N-dealkylation sites (N-methyl/N-ethyl adjacent to an activating group) is 1. The third-order valence-corrected chi connectivity index (χ3v) is 6.56. The minimum atomic E-state index is -3.50. The Morgan fingerprint density at radius 2 is 1.91 bits per heavy atom. The normalized spacial score (nSPS) is 25.3. The molecule has 1 aliphatic heterocycles. The highest BCUT2D eigenvalue weighted by atomic mass is 32.2. The van der Waals surface area contributed by atoms with Crippen LogP contribution in [-0.2, 0) is 19.6 Å². The van der Waals surface area contributed by atoms with Gasteiger partial charge in [-0.05, 0) is 38.0 Å². The molecule has 0 unspecified atom stereocenters. The summed E-state index contributed by atoms with van der Waals surface area (Å²) in [7, 11) is -0.229. The Balaban J connectivity index is 1.97. The van der Waals surface area contributed by atoms with Crippen molar-refractivity contribution in [3.63, 3.8) is 0 Å². The molecule has 0 saturated heterocycles. The maximum atomic E-state index is 13.2. The lowest BCUT2D eigenvalue weighted by Crippen LogP contribution is -2.49. The number of hydrogen-bond donors (Lipinski definition) is 1. The summed E-state index contributed by atoms with van der Waals surface area (Å²) in [4.78, 5) is 29.6. The van der Waals surface area contributed by atoms with E-state index < -0.39 is 10.0 Å². The highest BCUT2D eigenvalue weighted by Crippen LogP contribution is 2.33. The Kier molecular flexibility index (Phi) is 7.34. The topological polar surface area (TPSA) is 105 Å². The lowest BCUT2D eigenvalue weighted by Gasteiger charge is -2.36. The Hall–Kier alpha value is -2.33. The molecule has 0 bridgehead atoms. The number of amides is 2. The third kappa shape index (κ3) is 5.92. The van der Waals surface area contributed by atoms with E-state index in [-0.39, 0.29) is 53.7 Å². The fourth-order valence-corrected chi connectivity index (χ4v) is 4.48. The number of sulfonamides is 1. The summed E-state index contributed by atoms with van der Waals surface area (Å²) >= 11 is 0. The number of fused-ring (bicyclic) bond motifs is 1. The number of ether oxygens (including phenoxy) is 2. The van der Waals surface area contributed by atoms with Crippen LogP contribution in [0.5, 0.6) is 5.75 Å². The van der Waals surface area contributed by atoms with Gasteiger partial charge in [-0.15, -0.1) is 0 Å². The summed E-state index contributed by atoms with van der Waals surface area (Å²) in [5.74, 6) is 0.258. The molecule has 3 atom stereocenters. The fraction of sp³-hybridized carbons (Fsp3) is 0.636. The molecular weight excluding hydrogens is 434 g/mol. The van der Waals surface area contributed by atoms with Gasteiger partial charge in [-0.3, -0.25) is 14.3 Å². The monoisotopic (exact) mass is 467 g/mol. The molecule has 178 valence electrons. The average molecular weight is 468 g/mol. The van der Waals surface area contributed by atoms with E-state index in [9.17, 15) is 18.0 Å². The van der Waals surface area contributed by atoms with Crippen molar-refractivity contribution in [3.8, 4) is 5.75 Å². The molecule has 1 saturated carbocycles. The summed E-state index contributed by atoms with van der Waals surface area (Å²) in [6.45, 7) is 5.00. The third-order valence-electron chi connectivity index (χ3n) is 5.96. The zero-order valence-electron chi connectivity index (χ0n) is 19.3. The summed E-state index contributed by atoms with van der Waals surface area (Å²) in [6, 6.07) is 4.41. The van der Waals surface area contributed by atoms with E-state index in [1.807, 2.05) is 18.7 Å². The Morgan fingerprint density at radius 3 is 2.50 bits per heavy atom. The van der Waals surface area contributed by atoms with Crippen molar-refractivity contribution in [2.45, 2.75) is 38.8 Å². The summed E-state index contributed by atoms with van der Waals surface area (Å²) in [5.41, 5.74) is 0.524. The summed E-state index contributed by atoms with van der Waals surface area (Å²) in [5, 5.41) is 0. The van der Waals surface area contributed by atoms with E-state index in [1.54, 1.807) is 26.3 Å². The molecule has 10 heteroatoms. The van der Waals surface area contributed by atoms with Gasteiger partial charge >= 0.3 is 0 Å². The number of hydrogen-bond acceptors (Lipinski definition) is 6. The number of nitrogens with zero attached hydrogens (tertiary/aromatic N) is 2. The first-order chi connectivity index (χ1) is 15.0. The van der Waals surface area contributed by atoms with Gasteiger partial charge in [-0.1, -0.05) is 6.92 Å². The molecule has 1 N–H and O–H groups in total. The maximum absolute atomic E-state index is 13.2. The van der Waals surface area contributed by atoms with Crippen LogP contribution in [0.3, 0.4) is 0 Å². The largest absolute Gasteiger partial charge is 0.491 e. The lowest BCUT2D eigenvalue weighted by atomic mass is 10.0. The van der Waals surface area contributed by atoms with Crippen LogP contribution in [0.2, 0.25) is 0 Å². The first-order valence-electron chi connectivity index (χ1n) is 10.8. The van der Waals surface area contributed by atoms with Gasteiger partial charge in [0.15, 0.2) is 0 Å². The van der Waals surface area contributed by atoms with Gasteiger partial charge in [0.05, 0.1) is 24.0 Å². The molecule has 2 aliphatic rings. The van der Waals surface area contributed by atoms with E-state index in [0.717, 1.165) is 19.1 Å². The van der Waals surface area contributed by atoms with E-state index >= 15 is 0 Å². The predicted octanol–water partition coefficient (Wildman–Crippen LogP) is 1.80. The van der Waals surface area contributed by atoms with Gasteiger partial charge < -0.3 is 19.3 Å². The van der Waals surface area contributed by atoms with E-state index in [0.29, 0.717) is 18.8 Å². The van der Waals surface area contributed by atoms with Gasteiger partial charge in [0.1, 0.15) is 12.4 Å². The van der Waals surface area contributed by atoms with E-state index in [4.69, 9.17) is 9.47 Å². The molecule has 1 fully saturated rings. The van der Waals surface area contributed by atoms with Crippen LogP contribution < -0.4 is 9.46 Å². The van der Waals surface area contributed by atoms with Gasteiger partial charge in [0.25, 0.3) is 5.91 Å². The SMILES string of the molecule is CO[C@@H]1CN(C)C(=O)c2cc(NS(C)(=O)=O)ccc2OC[C@H](C)N(C(=O)C2CC2)C[C@@H]1C. The molecular formula is C22H33N3O6S. The molecule has 9 nitrogen and oxygen atoms in total. The quantitative estimate of drug-likeness (QED) is 0.724. The molecule has 2 amide bonds. The van der Waals surface area contributed by atoms with Crippen molar-refractivity contribution < 1.29 is 27.5 Å². The molecule has 0 radical (unpaired) electrons. The van der Waals surface area contributed by atoms with E-state index in [2.05, 4.69) is 4.72 Å². The maximum Gasteiger partial charge on any atom is 0.257 e. The Labute approximate surface area is 190 Å². The highest BCUT2D eigenvalue weighted by molar-refractivity contribution is 7.92. The molecule has 0 aromatic heterocycles. The molecule has 1 aliphatic carbocycles. The first kappa shape index (κ1) is 24.3. The Bertz CT molecular complexity index is 962. The van der Waals surface area contributed by atoms with Crippen molar-refractivity contribution >= 4 is 27.5 Å². The van der Waals surface area contributed by atoms with Crippen LogP contribution in [0, 0.1) is 11.8 Å². The van der Waals surface area contributed by atoms with Gasteiger partial charge in [-0.2, -0.15) is 0 Å². The summed E-state index contributed by atoms with van der Waals surface area (Å²) in [6.07, 6.45) is 2.61. The lowest BCUT2D eigenvalue weighted by molar-refractivity contribution is -0.136. The average Bonchev–Trinajstić information content (AvgIpc) is 3.56.